The topological polar surface area (TPSA) is 72.6 Å². The lowest BCUT2D eigenvalue weighted by atomic mass is 9.89. The maximum atomic E-state index is 12.9. The Labute approximate surface area is 137 Å². The van der Waals surface area contributed by atoms with E-state index in [1.807, 2.05) is 45.9 Å². The maximum absolute atomic E-state index is 12.9. The van der Waals surface area contributed by atoms with E-state index in [0.29, 0.717) is 18.7 Å². The van der Waals surface area contributed by atoms with Gasteiger partial charge in [0.15, 0.2) is 5.78 Å². The molecule has 0 saturated carbocycles. The molecule has 1 aromatic rings. The van der Waals surface area contributed by atoms with E-state index < -0.39 is 17.2 Å². The van der Waals surface area contributed by atoms with Crippen LogP contribution >= 0.6 is 0 Å². The van der Waals surface area contributed by atoms with Gasteiger partial charge < -0.3 is 10.5 Å². The smallest absolute Gasteiger partial charge is 0.411 e. The molecule has 1 aliphatic heterocycles. The van der Waals surface area contributed by atoms with E-state index in [1.54, 1.807) is 11.0 Å². The van der Waals surface area contributed by atoms with Crippen LogP contribution in [0.1, 0.15) is 46.1 Å². The number of nitrogen functional groups attached to an aromatic ring is 1. The Morgan fingerprint density at radius 1 is 1.30 bits per heavy atom. The van der Waals surface area contributed by atoms with Gasteiger partial charge in [-0.05, 0) is 52.2 Å². The van der Waals surface area contributed by atoms with Crippen LogP contribution in [0.3, 0.4) is 0 Å². The van der Waals surface area contributed by atoms with Crippen molar-refractivity contribution in [1.29, 1.82) is 0 Å². The average molecular weight is 318 g/mol. The first-order valence-corrected chi connectivity index (χ1v) is 8.01. The molecule has 1 saturated heterocycles. The second-order valence-electron chi connectivity index (χ2n) is 7.31. The lowest BCUT2D eigenvalue weighted by Crippen LogP contribution is -2.52. The van der Waals surface area contributed by atoms with Crippen molar-refractivity contribution >= 4 is 17.6 Å². The first-order valence-electron chi connectivity index (χ1n) is 8.01. The van der Waals surface area contributed by atoms with Gasteiger partial charge >= 0.3 is 6.09 Å². The number of hydrogen-bond donors (Lipinski definition) is 1. The number of carbonyl (C=O) groups is 2. The number of ether oxygens (including phenoxy) is 1. The van der Waals surface area contributed by atoms with Gasteiger partial charge in [-0.15, -0.1) is 0 Å². The normalized spacial score (nSPS) is 21.3. The molecular formula is C18H26N2O3. The number of benzene rings is 1. The van der Waals surface area contributed by atoms with Crippen molar-refractivity contribution < 1.29 is 14.3 Å². The van der Waals surface area contributed by atoms with Gasteiger partial charge in [0, 0.05) is 18.7 Å². The Bertz CT molecular complexity index is 607. The molecule has 1 amide bonds. The molecule has 0 bridgehead atoms. The molecule has 2 N–H and O–H groups in total. The second kappa shape index (κ2) is 6.22. The molecule has 0 aliphatic carbocycles. The third kappa shape index (κ3) is 3.84. The first-order chi connectivity index (χ1) is 10.6. The zero-order chi connectivity index (χ0) is 17.3. The SMILES string of the molecule is CC(C)(C)OC(=O)N1CCC[C@@]1(C)C(=O)Cc1ccccc1N. The highest BCUT2D eigenvalue weighted by atomic mass is 16.6. The molecule has 2 rings (SSSR count). The lowest BCUT2D eigenvalue weighted by Gasteiger charge is -2.35. The van der Waals surface area contributed by atoms with Crippen molar-refractivity contribution in [2.75, 3.05) is 12.3 Å². The fourth-order valence-corrected chi connectivity index (χ4v) is 2.92. The molecule has 126 valence electrons. The molecule has 23 heavy (non-hydrogen) atoms. The van der Waals surface area contributed by atoms with E-state index in [2.05, 4.69) is 0 Å². The van der Waals surface area contributed by atoms with Crippen LogP contribution in [0.4, 0.5) is 10.5 Å². The summed E-state index contributed by atoms with van der Waals surface area (Å²) in [5.74, 6) is -0.00115. The van der Waals surface area contributed by atoms with Crippen molar-refractivity contribution in [3.63, 3.8) is 0 Å². The summed E-state index contributed by atoms with van der Waals surface area (Å²) in [6, 6.07) is 7.34. The average Bonchev–Trinajstić information content (AvgIpc) is 2.83. The van der Waals surface area contributed by atoms with Crippen molar-refractivity contribution in [2.45, 2.75) is 58.1 Å². The summed E-state index contributed by atoms with van der Waals surface area (Å²) in [5, 5.41) is 0. The number of nitrogens with two attached hydrogens (primary N) is 1. The van der Waals surface area contributed by atoms with E-state index in [0.717, 1.165) is 12.0 Å². The molecule has 1 aromatic carbocycles. The molecule has 1 atom stereocenters. The maximum Gasteiger partial charge on any atom is 0.411 e. The van der Waals surface area contributed by atoms with Crippen molar-refractivity contribution in [1.82, 2.24) is 4.90 Å². The van der Waals surface area contributed by atoms with E-state index in [9.17, 15) is 9.59 Å². The number of carbonyl (C=O) groups excluding carboxylic acids is 2. The summed E-state index contributed by atoms with van der Waals surface area (Å²) >= 11 is 0. The number of likely N-dealkylation sites (tertiary alicyclic amines) is 1. The minimum Gasteiger partial charge on any atom is -0.444 e. The number of Topliss-reactive ketones (excluding diaryl/α,β-unsaturated/α-hetero) is 1. The number of amides is 1. The minimum atomic E-state index is -0.829. The first kappa shape index (κ1) is 17.3. The van der Waals surface area contributed by atoms with Gasteiger partial charge in [-0.25, -0.2) is 4.79 Å². The fourth-order valence-electron chi connectivity index (χ4n) is 2.92. The Morgan fingerprint density at radius 2 is 1.96 bits per heavy atom. The van der Waals surface area contributed by atoms with Crippen LogP contribution < -0.4 is 5.73 Å². The summed E-state index contributed by atoms with van der Waals surface area (Å²) in [5.41, 5.74) is 5.93. The lowest BCUT2D eigenvalue weighted by molar-refractivity contribution is -0.128. The van der Waals surface area contributed by atoms with Crippen molar-refractivity contribution in [2.24, 2.45) is 0 Å². The Morgan fingerprint density at radius 3 is 2.57 bits per heavy atom. The largest absolute Gasteiger partial charge is 0.444 e. The Kier molecular flexibility index (Phi) is 4.68. The molecule has 0 unspecified atom stereocenters. The Balaban J connectivity index is 2.17. The highest BCUT2D eigenvalue weighted by Gasteiger charge is 2.46. The zero-order valence-electron chi connectivity index (χ0n) is 14.4. The molecule has 1 heterocycles. The van der Waals surface area contributed by atoms with Gasteiger partial charge in [0.05, 0.1) is 0 Å². The van der Waals surface area contributed by atoms with Crippen LogP contribution in [0, 0.1) is 0 Å². The molecule has 0 spiro atoms. The van der Waals surface area contributed by atoms with Gasteiger partial charge in [0.2, 0.25) is 0 Å². The predicted octanol–water partition coefficient (Wildman–Crippen LogP) is 3.17. The monoisotopic (exact) mass is 318 g/mol. The second-order valence-corrected chi connectivity index (χ2v) is 7.31. The number of ketones is 1. The number of anilines is 1. The summed E-state index contributed by atoms with van der Waals surface area (Å²) in [7, 11) is 0. The van der Waals surface area contributed by atoms with Crippen LogP contribution in [0.2, 0.25) is 0 Å². The van der Waals surface area contributed by atoms with Gasteiger partial charge in [0.25, 0.3) is 0 Å². The summed E-state index contributed by atoms with van der Waals surface area (Å²) in [6.07, 6.45) is 1.25. The molecule has 5 heteroatoms. The van der Waals surface area contributed by atoms with Crippen LogP contribution in [0.25, 0.3) is 0 Å². The molecular weight excluding hydrogens is 292 g/mol. The van der Waals surface area contributed by atoms with Crippen LogP contribution in [0.5, 0.6) is 0 Å². The van der Waals surface area contributed by atoms with E-state index in [-0.39, 0.29) is 12.2 Å². The summed E-state index contributed by atoms with van der Waals surface area (Å²) < 4.78 is 5.45. The quantitative estimate of drug-likeness (QED) is 0.869. The highest BCUT2D eigenvalue weighted by molar-refractivity contribution is 5.94. The number of rotatable bonds is 3. The van der Waals surface area contributed by atoms with Crippen LogP contribution in [0.15, 0.2) is 24.3 Å². The predicted molar refractivity (Wildman–Crippen MR) is 90.1 cm³/mol. The molecule has 0 aromatic heterocycles. The van der Waals surface area contributed by atoms with E-state index in [4.69, 9.17) is 10.5 Å². The van der Waals surface area contributed by atoms with Gasteiger partial charge in [0.1, 0.15) is 11.1 Å². The summed E-state index contributed by atoms with van der Waals surface area (Å²) in [6.45, 7) is 7.84. The van der Waals surface area contributed by atoms with Crippen LogP contribution in [-0.2, 0) is 16.0 Å². The van der Waals surface area contributed by atoms with Gasteiger partial charge in [-0.2, -0.15) is 0 Å². The van der Waals surface area contributed by atoms with Crippen molar-refractivity contribution in [3.05, 3.63) is 29.8 Å². The standard InChI is InChI=1S/C18H26N2O3/c1-17(2,3)23-16(22)20-11-7-10-18(20,4)15(21)12-13-8-5-6-9-14(13)19/h5-6,8-9H,7,10-12,19H2,1-4H3/t18-/m0/s1. The van der Waals surface area contributed by atoms with Crippen LogP contribution in [-0.4, -0.2) is 34.5 Å². The van der Waals surface area contributed by atoms with E-state index in [1.165, 1.54) is 0 Å². The van der Waals surface area contributed by atoms with Gasteiger partial charge in [-0.1, -0.05) is 18.2 Å². The fraction of sp³-hybridized carbons (Fsp3) is 0.556. The highest BCUT2D eigenvalue weighted by Crippen LogP contribution is 2.33. The molecule has 5 nitrogen and oxygen atoms in total. The Hall–Kier alpha value is -2.04. The minimum absolute atomic E-state index is 0.00115. The van der Waals surface area contributed by atoms with E-state index >= 15 is 0 Å². The molecule has 1 fully saturated rings. The number of nitrogens with zero attached hydrogens (tertiary/aromatic N) is 1. The molecule has 0 radical (unpaired) electrons. The third-order valence-electron chi connectivity index (χ3n) is 4.26. The third-order valence-corrected chi connectivity index (χ3v) is 4.26. The zero-order valence-corrected chi connectivity index (χ0v) is 14.4. The summed E-state index contributed by atoms with van der Waals surface area (Å²) in [4.78, 5) is 26.9. The van der Waals surface area contributed by atoms with Crippen molar-refractivity contribution in [3.8, 4) is 0 Å². The molecule has 1 aliphatic rings. The van der Waals surface area contributed by atoms with Gasteiger partial charge in [-0.3, -0.25) is 9.69 Å². The number of hydrogen-bond acceptors (Lipinski definition) is 4. The number of para-hydroxylation sites is 1.